The van der Waals surface area contributed by atoms with E-state index in [1.54, 1.807) is 24.3 Å². The van der Waals surface area contributed by atoms with Gasteiger partial charge in [0.2, 0.25) is 5.96 Å². The highest BCUT2D eigenvalue weighted by Crippen LogP contribution is 2.50. The first-order valence-corrected chi connectivity index (χ1v) is 12.3. The van der Waals surface area contributed by atoms with Crippen molar-refractivity contribution in [2.75, 3.05) is 25.0 Å². The molecule has 0 atom stereocenters. The number of hydrogen-bond acceptors (Lipinski definition) is 4. The Morgan fingerprint density at radius 1 is 1.18 bits per heavy atom. The van der Waals surface area contributed by atoms with Crippen LogP contribution in [0.4, 0.5) is 23.2 Å². The first kappa shape index (κ1) is 30.0. The molecule has 2 aromatic rings. The molecule has 1 saturated carbocycles. The standard InChI is InChI=1S/C26H29ClF4N6O2/c1-24(2,13-32)14-34-21(38)19-9-8-18(12-20(19)28)35-22(36-23(33-3)39-15-26(29,30)31)37-25(10-11-25)16-4-6-17(27)7-5-16/h4-9,12H,3,10-11,13-15,32H2,1-2H3,(H,34,38)(H,35,37)/b36-23+. The molecule has 13 heteroatoms. The molecule has 0 aliphatic heterocycles. The van der Waals surface area contributed by atoms with Crippen molar-refractivity contribution in [2.24, 2.45) is 26.1 Å². The number of carbonyl (C=O) groups is 1. The number of rotatable bonds is 8. The van der Waals surface area contributed by atoms with Gasteiger partial charge < -0.3 is 21.1 Å². The smallest absolute Gasteiger partial charge is 0.422 e. The number of guanidine groups is 1. The second-order valence-corrected chi connectivity index (χ2v) is 10.2. The fraction of sp³-hybridized carbons (Fsp3) is 0.385. The molecule has 39 heavy (non-hydrogen) atoms. The first-order chi connectivity index (χ1) is 18.3. The lowest BCUT2D eigenvalue weighted by Crippen LogP contribution is -2.38. The van der Waals surface area contributed by atoms with Gasteiger partial charge in [0.05, 0.1) is 11.1 Å². The van der Waals surface area contributed by atoms with Gasteiger partial charge in [0.1, 0.15) is 5.82 Å². The maximum atomic E-state index is 14.9. The lowest BCUT2D eigenvalue weighted by atomic mass is 9.94. The van der Waals surface area contributed by atoms with E-state index >= 15 is 0 Å². The summed E-state index contributed by atoms with van der Waals surface area (Å²) < 4.78 is 57.6. The Morgan fingerprint density at radius 3 is 2.38 bits per heavy atom. The Hall–Kier alpha value is -3.51. The predicted molar refractivity (Wildman–Crippen MR) is 144 cm³/mol. The quantitative estimate of drug-likeness (QED) is 0.228. The van der Waals surface area contributed by atoms with E-state index in [0.29, 0.717) is 24.4 Å². The van der Waals surface area contributed by atoms with Crippen molar-refractivity contribution < 1.29 is 27.1 Å². The van der Waals surface area contributed by atoms with Crippen molar-refractivity contribution in [3.8, 4) is 0 Å². The van der Waals surface area contributed by atoms with Crippen LogP contribution < -0.4 is 16.4 Å². The number of aliphatic imine (C=N–C) groups is 3. The fourth-order valence-electron chi connectivity index (χ4n) is 3.37. The fourth-order valence-corrected chi connectivity index (χ4v) is 3.50. The lowest BCUT2D eigenvalue weighted by molar-refractivity contribution is -0.156. The Labute approximate surface area is 228 Å². The monoisotopic (exact) mass is 568 g/mol. The molecule has 4 N–H and O–H groups in total. The van der Waals surface area contributed by atoms with E-state index in [2.05, 4.69) is 37.1 Å². The van der Waals surface area contributed by atoms with Crippen molar-refractivity contribution in [3.63, 3.8) is 0 Å². The summed E-state index contributed by atoms with van der Waals surface area (Å²) in [5, 5.41) is 5.97. The topological polar surface area (TPSA) is 113 Å². The van der Waals surface area contributed by atoms with Gasteiger partial charge in [-0.3, -0.25) is 4.79 Å². The minimum atomic E-state index is -4.63. The van der Waals surface area contributed by atoms with Crippen LogP contribution in [0.5, 0.6) is 0 Å². The summed E-state index contributed by atoms with van der Waals surface area (Å²) in [6.07, 6.45) is -3.37. The van der Waals surface area contributed by atoms with Crippen LogP contribution in [0.3, 0.4) is 0 Å². The molecular weight excluding hydrogens is 540 g/mol. The third-order valence-electron chi connectivity index (χ3n) is 5.88. The van der Waals surface area contributed by atoms with Crippen molar-refractivity contribution >= 4 is 41.9 Å². The van der Waals surface area contributed by atoms with Gasteiger partial charge in [-0.1, -0.05) is 37.6 Å². The number of amides is 1. The van der Waals surface area contributed by atoms with Crippen LogP contribution in [0.1, 0.15) is 42.6 Å². The SMILES string of the molecule is C=N/C(=N\C(=NC1(c2ccc(Cl)cc2)CC1)Nc1ccc(C(=O)NCC(C)(C)CN)c(F)c1)OCC(F)(F)F. The minimum absolute atomic E-state index is 0.139. The van der Waals surface area contributed by atoms with Gasteiger partial charge >= 0.3 is 12.2 Å². The number of nitrogens with one attached hydrogen (secondary N) is 2. The Bertz CT molecular complexity index is 1260. The normalized spacial score (nSPS) is 15.5. The zero-order valence-electron chi connectivity index (χ0n) is 21.4. The third kappa shape index (κ3) is 8.75. The van der Waals surface area contributed by atoms with Crippen LogP contribution in [0.15, 0.2) is 57.4 Å². The number of benzene rings is 2. The molecule has 2 aromatic carbocycles. The Morgan fingerprint density at radius 2 is 1.85 bits per heavy atom. The largest absolute Gasteiger partial charge is 0.454 e. The molecule has 0 saturated heterocycles. The number of alkyl halides is 3. The number of amidine groups is 1. The molecule has 1 fully saturated rings. The van der Waals surface area contributed by atoms with Crippen molar-refractivity contribution in [1.82, 2.24) is 5.32 Å². The molecule has 1 aliphatic rings. The summed E-state index contributed by atoms with van der Waals surface area (Å²) in [6, 6.07) is 10.0. The van der Waals surface area contributed by atoms with E-state index in [0.717, 1.165) is 11.6 Å². The zero-order chi connectivity index (χ0) is 28.8. The lowest BCUT2D eigenvalue weighted by Gasteiger charge is -2.22. The molecule has 1 amide bonds. The summed E-state index contributed by atoms with van der Waals surface area (Å²) in [5.41, 5.74) is 5.33. The number of anilines is 1. The maximum Gasteiger partial charge on any atom is 0.422 e. The zero-order valence-corrected chi connectivity index (χ0v) is 22.2. The van der Waals surface area contributed by atoms with E-state index in [-0.39, 0.29) is 29.2 Å². The molecule has 0 unspecified atom stereocenters. The Kier molecular flexibility index (Phi) is 9.34. The van der Waals surface area contributed by atoms with E-state index in [1.165, 1.54) is 12.1 Å². The maximum absolute atomic E-state index is 14.9. The van der Waals surface area contributed by atoms with Crippen LogP contribution in [0.25, 0.3) is 0 Å². The molecule has 0 radical (unpaired) electrons. The van der Waals surface area contributed by atoms with Gasteiger partial charge in [0, 0.05) is 17.3 Å². The predicted octanol–water partition coefficient (Wildman–Crippen LogP) is 5.29. The number of hydrogen-bond donors (Lipinski definition) is 3. The van der Waals surface area contributed by atoms with E-state index in [1.807, 2.05) is 13.8 Å². The average Bonchev–Trinajstić information content (AvgIpc) is 3.65. The summed E-state index contributed by atoms with van der Waals surface area (Å²) in [4.78, 5) is 24.5. The van der Waals surface area contributed by atoms with Crippen LogP contribution in [0.2, 0.25) is 5.02 Å². The van der Waals surface area contributed by atoms with Crippen molar-refractivity contribution in [1.29, 1.82) is 0 Å². The van der Waals surface area contributed by atoms with E-state index in [4.69, 9.17) is 17.3 Å². The number of carbonyl (C=O) groups excluding carboxylic acids is 1. The molecule has 0 heterocycles. The number of ether oxygens (including phenoxy) is 1. The number of nitrogens with zero attached hydrogens (tertiary/aromatic N) is 3. The van der Waals surface area contributed by atoms with Gasteiger partial charge in [-0.25, -0.2) is 14.4 Å². The van der Waals surface area contributed by atoms with E-state index in [9.17, 15) is 22.4 Å². The van der Waals surface area contributed by atoms with Crippen LogP contribution in [-0.2, 0) is 10.3 Å². The highest BCUT2D eigenvalue weighted by molar-refractivity contribution is 6.30. The van der Waals surface area contributed by atoms with Crippen LogP contribution in [0, 0.1) is 11.2 Å². The van der Waals surface area contributed by atoms with Crippen LogP contribution >= 0.6 is 11.6 Å². The van der Waals surface area contributed by atoms with Crippen molar-refractivity contribution in [3.05, 3.63) is 64.4 Å². The van der Waals surface area contributed by atoms with Gasteiger partial charge in [-0.2, -0.15) is 18.2 Å². The first-order valence-electron chi connectivity index (χ1n) is 11.9. The summed E-state index contributed by atoms with van der Waals surface area (Å²) in [5.74, 6) is -1.64. The molecule has 0 bridgehead atoms. The molecule has 8 nitrogen and oxygen atoms in total. The van der Waals surface area contributed by atoms with Gasteiger partial charge in [0.25, 0.3) is 5.91 Å². The second kappa shape index (κ2) is 12.1. The summed E-state index contributed by atoms with van der Waals surface area (Å²) in [7, 11) is 0. The van der Waals surface area contributed by atoms with Gasteiger partial charge in [0.15, 0.2) is 6.61 Å². The number of halogens is 5. The summed E-state index contributed by atoms with van der Waals surface area (Å²) in [6.45, 7) is 5.86. The highest BCUT2D eigenvalue weighted by Gasteiger charge is 2.45. The van der Waals surface area contributed by atoms with Crippen molar-refractivity contribution in [2.45, 2.75) is 38.4 Å². The Balaban J connectivity index is 1.90. The molecule has 210 valence electrons. The minimum Gasteiger partial charge on any atom is -0.454 e. The third-order valence-corrected chi connectivity index (χ3v) is 6.13. The highest BCUT2D eigenvalue weighted by atomic mass is 35.5. The molecule has 1 aliphatic carbocycles. The number of nitrogens with two attached hydrogens (primary N) is 1. The molecule has 3 rings (SSSR count). The average molecular weight is 569 g/mol. The summed E-state index contributed by atoms with van der Waals surface area (Å²) >= 11 is 5.99. The molecular formula is C26H29ClF4N6O2. The molecule has 0 aromatic heterocycles. The van der Waals surface area contributed by atoms with Gasteiger partial charge in [-0.05, 0) is 67.4 Å². The van der Waals surface area contributed by atoms with Crippen LogP contribution in [-0.4, -0.2) is 50.5 Å². The second-order valence-electron chi connectivity index (χ2n) is 9.80. The van der Waals surface area contributed by atoms with Gasteiger partial charge in [-0.15, -0.1) is 0 Å². The molecule has 0 spiro atoms. The van der Waals surface area contributed by atoms with E-state index < -0.39 is 36.1 Å².